The molecule has 0 bridgehead atoms. The molecule has 1 aliphatic rings. The van der Waals surface area contributed by atoms with E-state index in [1.54, 1.807) is 14.2 Å². The Morgan fingerprint density at radius 2 is 1.88 bits per heavy atom. The molecule has 26 heavy (non-hydrogen) atoms. The van der Waals surface area contributed by atoms with Crippen molar-refractivity contribution in [1.29, 1.82) is 0 Å². The number of rotatable bonds is 5. The van der Waals surface area contributed by atoms with Gasteiger partial charge in [0.2, 0.25) is 0 Å². The quantitative estimate of drug-likeness (QED) is 0.734. The van der Waals surface area contributed by atoms with Crippen LogP contribution in [0.1, 0.15) is 36.2 Å². The first kappa shape index (κ1) is 17.0. The van der Waals surface area contributed by atoms with Crippen molar-refractivity contribution in [2.24, 2.45) is 0 Å². The van der Waals surface area contributed by atoms with Gasteiger partial charge in [-0.3, -0.25) is 4.90 Å². The number of hydrogen-bond donors (Lipinski definition) is 1. The fraction of sp³-hybridized carbons (Fsp3) is 0.364. The van der Waals surface area contributed by atoms with Crippen LogP contribution in [0.5, 0.6) is 11.5 Å². The monoisotopic (exact) mass is 350 g/mol. The number of H-pyrrole nitrogens is 1. The number of methoxy groups -OCH3 is 2. The minimum absolute atomic E-state index is 0.229. The van der Waals surface area contributed by atoms with Gasteiger partial charge < -0.3 is 14.5 Å². The van der Waals surface area contributed by atoms with Gasteiger partial charge in [-0.2, -0.15) is 0 Å². The Morgan fingerprint density at radius 1 is 1.08 bits per heavy atom. The van der Waals surface area contributed by atoms with Gasteiger partial charge >= 0.3 is 0 Å². The first-order chi connectivity index (χ1) is 12.7. The molecule has 1 aliphatic heterocycles. The van der Waals surface area contributed by atoms with Crippen molar-refractivity contribution >= 4 is 10.9 Å². The third-order valence-electron chi connectivity index (χ3n) is 5.35. The second kappa shape index (κ2) is 7.04. The highest BCUT2D eigenvalue weighted by molar-refractivity contribution is 5.86. The molecule has 0 saturated carbocycles. The van der Waals surface area contributed by atoms with Crippen molar-refractivity contribution in [3.05, 3.63) is 59.3 Å². The van der Waals surface area contributed by atoms with Crippen LogP contribution in [0.4, 0.5) is 0 Å². The molecular weight excluding hydrogens is 324 g/mol. The molecule has 0 saturated heterocycles. The molecule has 4 heteroatoms. The maximum atomic E-state index is 5.47. The fourth-order valence-electron chi connectivity index (χ4n) is 4.16. The molecule has 1 aromatic heterocycles. The maximum absolute atomic E-state index is 5.47. The van der Waals surface area contributed by atoms with Crippen molar-refractivity contribution < 1.29 is 9.47 Å². The second-order valence-electron chi connectivity index (χ2n) is 6.89. The van der Waals surface area contributed by atoms with Gasteiger partial charge in [0.25, 0.3) is 0 Å². The smallest absolute Gasteiger partial charge is 0.119 e. The molecule has 1 atom stereocenters. The van der Waals surface area contributed by atoms with Crippen LogP contribution >= 0.6 is 0 Å². The number of benzene rings is 2. The molecule has 136 valence electrons. The van der Waals surface area contributed by atoms with E-state index in [1.807, 2.05) is 12.1 Å². The summed E-state index contributed by atoms with van der Waals surface area (Å²) in [5, 5.41) is 1.28. The van der Waals surface area contributed by atoms with E-state index in [0.29, 0.717) is 0 Å². The molecule has 1 unspecified atom stereocenters. The van der Waals surface area contributed by atoms with Gasteiger partial charge in [-0.15, -0.1) is 0 Å². The SMILES string of the molecule is CCCN1CCc2c([nH]c3ccc(OC)cc23)C1c1cccc(OC)c1. The van der Waals surface area contributed by atoms with Crippen LogP contribution in [-0.2, 0) is 6.42 Å². The Bertz CT molecular complexity index is 916. The van der Waals surface area contributed by atoms with Gasteiger partial charge in [-0.05, 0) is 60.8 Å². The van der Waals surface area contributed by atoms with Crippen LogP contribution in [0.25, 0.3) is 10.9 Å². The van der Waals surface area contributed by atoms with Crippen LogP contribution < -0.4 is 9.47 Å². The Labute approximate surface area is 154 Å². The van der Waals surface area contributed by atoms with Crippen LogP contribution in [0, 0.1) is 0 Å². The normalized spacial score (nSPS) is 17.3. The van der Waals surface area contributed by atoms with Gasteiger partial charge in [0.05, 0.1) is 20.3 Å². The lowest BCUT2D eigenvalue weighted by molar-refractivity contribution is 0.211. The van der Waals surface area contributed by atoms with Crippen LogP contribution in [0.2, 0.25) is 0 Å². The summed E-state index contributed by atoms with van der Waals surface area (Å²) in [5.41, 5.74) is 5.18. The Morgan fingerprint density at radius 3 is 2.65 bits per heavy atom. The summed E-state index contributed by atoms with van der Waals surface area (Å²) < 4.78 is 10.9. The van der Waals surface area contributed by atoms with E-state index in [1.165, 1.54) is 27.7 Å². The Hall–Kier alpha value is -2.46. The summed E-state index contributed by atoms with van der Waals surface area (Å²) >= 11 is 0. The number of nitrogens with one attached hydrogen (secondary N) is 1. The number of ether oxygens (including phenoxy) is 2. The molecule has 0 radical (unpaired) electrons. The Kier molecular flexibility index (Phi) is 4.60. The van der Waals surface area contributed by atoms with E-state index >= 15 is 0 Å². The molecule has 2 aromatic carbocycles. The first-order valence-corrected chi connectivity index (χ1v) is 9.31. The van der Waals surface area contributed by atoms with E-state index in [-0.39, 0.29) is 6.04 Å². The van der Waals surface area contributed by atoms with Crippen LogP contribution in [0.15, 0.2) is 42.5 Å². The van der Waals surface area contributed by atoms with Gasteiger partial charge in [0.15, 0.2) is 0 Å². The highest BCUT2D eigenvalue weighted by Gasteiger charge is 2.31. The zero-order valence-electron chi connectivity index (χ0n) is 15.7. The maximum Gasteiger partial charge on any atom is 0.119 e. The Balaban J connectivity index is 1.87. The predicted molar refractivity (Wildman–Crippen MR) is 105 cm³/mol. The van der Waals surface area contributed by atoms with Crippen LogP contribution in [0.3, 0.4) is 0 Å². The second-order valence-corrected chi connectivity index (χ2v) is 6.89. The molecule has 4 rings (SSSR count). The zero-order chi connectivity index (χ0) is 18.1. The van der Waals surface area contributed by atoms with Crippen molar-refractivity contribution in [3.63, 3.8) is 0 Å². The molecule has 4 nitrogen and oxygen atoms in total. The molecule has 0 amide bonds. The number of aromatic nitrogens is 1. The van der Waals surface area contributed by atoms with Gasteiger partial charge in [0.1, 0.15) is 11.5 Å². The van der Waals surface area contributed by atoms with Gasteiger partial charge in [-0.25, -0.2) is 0 Å². The lowest BCUT2D eigenvalue weighted by Crippen LogP contribution is -2.36. The largest absolute Gasteiger partial charge is 0.497 e. The van der Waals surface area contributed by atoms with Crippen molar-refractivity contribution in [2.45, 2.75) is 25.8 Å². The number of fused-ring (bicyclic) bond motifs is 3. The standard InChI is InChI=1S/C22H26N2O2/c1-4-11-24-12-10-18-19-14-17(26-3)8-9-20(19)23-21(18)22(24)15-6-5-7-16(13-15)25-2/h5-9,13-14,22-23H,4,10-12H2,1-3H3. The first-order valence-electron chi connectivity index (χ1n) is 9.31. The average molecular weight is 350 g/mol. The van der Waals surface area contributed by atoms with Gasteiger partial charge in [0, 0.05) is 23.1 Å². The van der Waals surface area contributed by atoms with E-state index in [4.69, 9.17) is 9.47 Å². The summed E-state index contributed by atoms with van der Waals surface area (Å²) in [4.78, 5) is 6.28. The number of hydrogen-bond acceptors (Lipinski definition) is 3. The molecule has 0 spiro atoms. The molecule has 1 N–H and O–H groups in total. The third kappa shape index (κ3) is 2.84. The van der Waals surface area contributed by atoms with Gasteiger partial charge in [-0.1, -0.05) is 19.1 Å². The third-order valence-corrected chi connectivity index (χ3v) is 5.35. The fourth-order valence-corrected chi connectivity index (χ4v) is 4.16. The highest BCUT2D eigenvalue weighted by atomic mass is 16.5. The molecular formula is C22H26N2O2. The number of nitrogens with zero attached hydrogens (tertiary/aromatic N) is 1. The van der Waals surface area contributed by atoms with E-state index < -0.39 is 0 Å². The van der Waals surface area contributed by atoms with Crippen molar-refractivity contribution in [3.8, 4) is 11.5 Å². The summed E-state index contributed by atoms with van der Waals surface area (Å²) in [7, 11) is 3.45. The van der Waals surface area contributed by atoms with Crippen molar-refractivity contribution in [2.75, 3.05) is 27.3 Å². The molecule has 2 heterocycles. The number of aromatic amines is 1. The summed E-state index contributed by atoms with van der Waals surface area (Å²) in [5.74, 6) is 1.82. The van der Waals surface area contributed by atoms with E-state index in [0.717, 1.165) is 37.4 Å². The van der Waals surface area contributed by atoms with E-state index in [2.05, 4.69) is 47.1 Å². The topological polar surface area (TPSA) is 37.5 Å². The lowest BCUT2D eigenvalue weighted by atomic mass is 9.92. The summed E-state index contributed by atoms with van der Waals surface area (Å²) in [6.07, 6.45) is 2.20. The molecule has 0 fully saturated rings. The van der Waals surface area contributed by atoms with Crippen molar-refractivity contribution in [1.82, 2.24) is 9.88 Å². The molecule has 3 aromatic rings. The van der Waals surface area contributed by atoms with Crippen LogP contribution in [-0.4, -0.2) is 37.2 Å². The average Bonchev–Trinajstić information content (AvgIpc) is 3.05. The van der Waals surface area contributed by atoms with E-state index in [9.17, 15) is 0 Å². The molecule has 0 aliphatic carbocycles. The lowest BCUT2D eigenvalue weighted by Gasteiger charge is -2.36. The highest BCUT2D eigenvalue weighted by Crippen LogP contribution is 2.40. The predicted octanol–water partition coefficient (Wildman–Crippen LogP) is 4.54. The minimum atomic E-state index is 0.229. The summed E-state index contributed by atoms with van der Waals surface area (Å²) in [6.45, 7) is 4.39. The summed E-state index contributed by atoms with van der Waals surface area (Å²) in [6, 6.07) is 15.0. The zero-order valence-corrected chi connectivity index (χ0v) is 15.7. The minimum Gasteiger partial charge on any atom is -0.497 e.